The van der Waals surface area contributed by atoms with Gasteiger partial charge in [0.2, 0.25) is 0 Å². The fourth-order valence-electron chi connectivity index (χ4n) is 4.39. The summed E-state index contributed by atoms with van der Waals surface area (Å²) in [6.45, 7) is 0. The molecule has 2 aliphatic rings. The molecular weight excluding hydrogens is 557 g/mol. The van der Waals surface area contributed by atoms with Crippen LogP contribution in [0.15, 0.2) is 115 Å². The standard InChI is InChI=1S/2C13H9.C6H5B.2ClH.Zr/c2*1-2-6-12-10(4-1)8-9-11-5-3-7-13(11)12;7-6-4-2-1-3-5-6;;;/h2*1-4,6,8-9H,5H2;1-5H;2*1H;/q2*-1;;;;+2/p-2. The van der Waals surface area contributed by atoms with Crippen LogP contribution in [0.2, 0.25) is 0 Å². The summed E-state index contributed by atoms with van der Waals surface area (Å²) in [5.41, 5.74) is 6.71. The SMILES string of the molecule is [C-]1=CCc2ccc3ccccc3c21.[C-]1=CCc2ccc3ccccc3c21.[Cl-].[Cl-].[Zr+2]=[B]c1ccccc1. The zero-order chi connectivity index (χ0) is 23.2. The number of hydrogen-bond donors (Lipinski definition) is 0. The maximum absolute atomic E-state index is 3.32. The van der Waals surface area contributed by atoms with Gasteiger partial charge >= 0.3 is 64.2 Å². The first-order valence-corrected chi connectivity index (χ1v) is 13.0. The van der Waals surface area contributed by atoms with Crippen molar-refractivity contribution in [1.82, 2.24) is 0 Å². The predicted octanol–water partition coefficient (Wildman–Crippen LogP) is 0.693. The Hall–Kier alpha value is -2.37. The van der Waals surface area contributed by atoms with Gasteiger partial charge in [-0.3, -0.25) is 0 Å². The third-order valence-corrected chi connectivity index (χ3v) is 6.95. The van der Waals surface area contributed by atoms with Crippen molar-refractivity contribution >= 4 is 31.4 Å². The number of hydrogen-bond acceptors (Lipinski definition) is 0. The van der Waals surface area contributed by atoms with Crippen LogP contribution in [-0.2, 0) is 36.8 Å². The molecule has 0 bridgehead atoms. The summed E-state index contributed by atoms with van der Waals surface area (Å²) in [5.74, 6) is 0. The van der Waals surface area contributed by atoms with Crippen molar-refractivity contribution in [2.45, 2.75) is 12.8 Å². The second-order valence-electron chi connectivity index (χ2n) is 8.30. The van der Waals surface area contributed by atoms with Crippen LogP contribution in [0, 0.1) is 12.2 Å². The molecule has 5 aromatic carbocycles. The van der Waals surface area contributed by atoms with Crippen LogP contribution in [0.5, 0.6) is 0 Å². The number of allylic oxidation sites excluding steroid dienone is 2. The van der Waals surface area contributed by atoms with E-state index < -0.39 is 0 Å². The van der Waals surface area contributed by atoms with Gasteiger partial charge in [-0.2, -0.15) is 35.4 Å². The molecule has 0 aromatic heterocycles. The topological polar surface area (TPSA) is 0 Å². The Morgan fingerprint density at radius 3 is 1.42 bits per heavy atom. The summed E-state index contributed by atoms with van der Waals surface area (Å²) in [4.78, 5) is 0. The van der Waals surface area contributed by atoms with Crippen LogP contribution in [0.3, 0.4) is 0 Å². The van der Waals surface area contributed by atoms with E-state index in [2.05, 4.69) is 126 Å². The first-order valence-electron chi connectivity index (χ1n) is 11.6. The molecule has 7 rings (SSSR count). The molecule has 174 valence electrons. The summed E-state index contributed by atoms with van der Waals surface area (Å²) < 4.78 is 2.17. The number of fused-ring (bicyclic) bond motifs is 6. The van der Waals surface area contributed by atoms with Crippen molar-refractivity contribution in [1.29, 1.82) is 0 Å². The van der Waals surface area contributed by atoms with Crippen LogP contribution in [0.25, 0.3) is 21.5 Å². The molecule has 0 fully saturated rings. The summed E-state index contributed by atoms with van der Waals surface area (Å²) in [6, 6.07) is 36.1. The van der Waals surface area contributed by atoms with Crippen molar-refractivity contribution in [3.05, 3.63) is 150 Å². The molecule has 0 saturated carbocycles. The second-order valence-corrected chi connectivity index (χ2v) is 9.01. The van der Waals surface area contributed by atoms with Crippen LogP contribution in [-0.4, -0.2) is 4.37 Å². The summed E-state index contributed by atoms with van der Waals surface area (Å²) in [7, 11) is 0. The molecule has 0 aliphatic heterocycles. The summed E-state index contributed by atoms with van der Waals surface area (Å²) >= 11 is 1.46. The molecule has 0 saturated heterocycles. The Bertz CT molecular complexity index is 1430. The van der Waals surface area contributed by atoms with E-state index in [1.54, 1.807) is 0 Å². The van der Waals surface area contributed by atoms with E-state index in [0.717, 1.165) is 12.8 Å². The Labute approximate surface area is 241 Å². The molecule has 36 heavy (non-hydrogen) atoms. The molecule has 0 spiro atoms. The Kier molecular flexibility index (Phi) is 10.8. The molecular formula is C32H23BCl2Zr-2. The summed E-state index contributed by atoms with van der Waals surface area (Å²) in [6.07, 6.45) is 12.9. The van der Waals surface area contributed by atoms with E-state index in [0.29, 0.717) is 0 Å². The number of rotatable bonds is 1. The Morgan fingerprint density at radius 2 is 0.972 bits per heavy atom. The molecule has 5 aromatic rings. The first-order chi connectivity index (χ1) is 16.8. The fourth-order valence-corrected chi connectivity index (χ4v) is 4.86. The van der Waals surface area contributed by atoms with E-state index in [1.165, 1.54) is 73.2 Å². The average molecular weight is 580 g/mol. The van der Waals surface area contributed by atoms with Gasteiger partial charge in [0.05, 0.1) is 0 Å². The van der Waals surface area contributed by atoms with Gasteiger partial charge in [-0.15, -0.1) is 46.2 Å². The van der Waals surface area contributed by atoms with Gasteiger partial charge in [0.25, 0.3) is 0 Å². The zero-order valence-corrected chi connectivity index (χ0v) is 23.7. The van der Waals surface area contributed by atoms with E-state index in [1.807, 2.05) is 6.07 Å². The third-order valence-electron chi connectivity index (χ3n) is 6.13. The number of halogens is 2. The minimum absolute atomic E-state index is 0. The monoisotopic (exact) mass is 578 g/mol. The predicted molar refractivity (Wildman–Crippen MR) is 141 cm³/mol. The van der Waals surface area contributed by atoms with E-state index in [4.69, 9.17) is 0 Å². The number of benzene rings is 5. The van der Waals surface area contributed by atoms with Gasteiger partial charge in [0.15, 0.2) is 0 Å². The second kappa shape index (κ2) is 13.8. The van der Waals surface area contributed by atoms with E-state index in [9.17, 15) is 0 Å². The molecule has 4 heteroatoms. The molecule has 0 unspecified atom stereocenters. The minimum atomic E-state index is 0. The van der Waals surface area contributed by atoms with Crippen molar-refractivity contribution in [2.75, 3.05) is 0 Å². The Balaban J connectivity index is 0.000000151. The molecule has 0 radical (unpaired) electrons. The molecule has 0 amide bonds. The zero-order valence-electron chi connectivity index (χ0n) is 19.7. The normalized spacial score (nSPS) is 11.6. The third kappa shape index (κ3) is 6.49. The molecule has 2 aliphatic carbocycles. The van der Waals surface area contributed by atoms with Gasteiger partial charge in [-0.25, -0.2) is 0 Å². The molecule has 0 atom stereocenters. The van der Waals surface area contributed by atoms with Crippen molar-refractivity contribution < 1.29 is 48.8 Å². The van der Waals surface area contributed by atoms with Crippen LogP contribution in [0.1, 0.15) is 22.3 Å². The Morgan fingerprint density at radius 1 is 0.528 bits per heavy atom. The van der Waals surface area contributed by atoms with Gasteiger partial charge < -0.3 is 24.8 Å². The molecule has 0 N–H and O–H groups in total. The summed E-state index contributed by atoms with van der Waals surface area (Å²) in [5, 5.41) is 5.27. The van der Waals surface area contributed by atoms with Crippen molar-refractivity contribution in [2.24, 2.45) is 0 Å². The van der Waals surface area contributed by atoms with E-state index in [-0.39, 0.29) is 24.8 Å². The average Bonchev–Trinajstić information content (AvgIpc) is 3.60. The molecule has 0 nitrogen and oxygen atoms in total. The van der Waals surface area contributed by atoms with Crippen LogP contribution in [0.4, 0.5) is 0 Å². The fraction of sp³-hybridized carbons (Fsp3) is 0.0625. The molecule has 0 heterocycles. The van der Waals surface area contributed by atoms with Gasteiger partial charge in [0.1, 0.15) is 0 Å². The first kappa shape index (κ1) is 28.2. The quantitative estimate of drug-likeness (QED) is 0.203. The van der Waals surface area contributed by atoms with Gasteiger partial charge in [-0.1, -0.05) is 72.1 Å². The van der Waals surface area contributed by atoms with Crippen LogP contribution < -0.4 is 30.3 Å². The van der Waals surface area contributed by atoms with E-state index >= 15 is 0 Å². The van der Waals surface area contributed by atoms with Gasteiger partial charge in [0, 0.05) is 0 Å². The van der Waals surface area contributed by atoms with Crippen molar-refractivity contribution in [3.63, 3.8) is 0 Å². The van der Waals surface area contributed by atoms with Gasteiger partial charge in [-0.05, 0) is 0 Å². The van der Waals surface area contributed by atoms with Crippen molar-refractivity contribution in [3.8, 4) is 0 Å². The van der Waals surface area contributed by atoms with Crippen LogP contribution >= 0.6 is 0 Å². The maximum atomic E-state index is 3.32.